The van der Waals surface area contributed by atoms with Gasteiger partial charge >= 0.3 is 5.97 Å². The highest BCUT2D eigenvalue weighted by Gasteiger charge is 2.37. The average Bonchev–Trinajstić information content (AvgIpc) is 2.85. The molecule has 0 saturated heterocycles. The summed E-state index contributed by atoms with van der Waals surface area (Å²) < 4.78 is 10.9. The molecule has 1 heterocycles. The van der Waals surface area contributed by atoms with E-state index in [0.717, 1.165) is 16.8 Å². The number of benzene rings is 3. The number of hydrogen-bond acceptors (Lipinski definition) is 6. The maximum Gasteiger partial charge on any atom is 0.338 e. The summed E-state index contributed by atoms with van der Waals surface area (Å²) >= 11 is 0. The fraction of sp³-hybridized carbons (Fsp3) is 0.222. The predicted molar refractivity (Wildman–Crippen MR) is 127 cm³/mol. The summed E-state index contributed by atoms with van der Waals surface area (Å²) in [5.74, 6) is -1.81. The van der Waals surface area contributed by atoms with Crippen molar-refractivity contribution in [3.63, 3.8) is 0 Å². The Labute approximate surface area is 194 Å². The van der Waals surface area contributed by atoms with Crippen LogP contribution in [0.4, 0.5) is 5.69 Å². The highest BCUT2D eigenvalue weighted by atomic mass is 16.5. The number of hydrogen-bond donors (Lipinski definition) is 2. The third-order valence-corrected chi connectivity index (χ3v) is 5.44. The standard InChI is InChI=1S/C27H28N2O4/c1-2-33-26(30)23-12-14-25(15-13-23)29-17-7-16-28-27(29,31)24-11-6-10-22(18-24)20-32-19-21-8-4-3-5-9-21/h3-15,17-18,28,31H,2,16,19-20H2,1H3. The van der Waals surface area contributed by atoms with Crippen LogP contribution >= 0.6 is 0 Å². The molecule has 0 spiro atoms. The van der Waals surface area contributed by atoms with Crippen LogP contribution in [0.25, 0.3) is 0 Å². The summed E-state index contributed by atoms with van der Waals surface area (Å²) in [6, 6.07) is 24.7. The minimum atomic E-state index is -1.45. The van der Waals surface area contributed by atoms with Crippen molar-refractivity contribution < 1.29 is 19.4 Å². The lowest BCUT2D eigenvalue weighted by atomic mass is 10.0. The SMILES string of the molecule is CCOC(=O)c1ccc(N2C=CCNC2(O)c2cccc(COCc3ccccc3)c2)cc1. The highest BCUT2D eigenvalue weighted by Crippen LogP contribution is 2.32. The van der Waals surface area contributed by atoms with Crippen molar-refractivity contribution in [2.24, 2.45) is 0 Å². The number of aliphatic hydroxyl groups is 1. The first kappa shape index (κ1) is 22.7. The fourth-order valence-corrected chi connectivity index (χ4v) is 3.78. The van der Waals surface area contributed by atoms with Crippen LogP contribution in [0.1, 0.15) is 34.0 Å². The molecule has 1 unspecified atom stereocenters. The molecule has 4 rings (SSSR count). The van der Waals surface area contributed by atoms with Crippen LogP contribution in [0.3, 0.4) is 0 Å². The van der Waals surface area contributed by atoms with Gasteiger partial charge in [0.15, 0.2) is 0 Å². The molecule has 6 nitrogen and oxygen atoms in total. The van der Waals surface area contributed by atoms with E-state index in [1.54, 1.807) is 36.1 Å². The topological polar surface area (TPSA) is 71.0 Å². The van der Waals surface area contributed by atoms with Gasteiger partial charge in [-0.1, -0.05) is 54.6 Å². The fourth-order valence-electron chi connectivity index (χ4n) is 3.78. The van der Waals surface area contributed by atoms with Gasteiger partial charge in [-0.05, 0) is 48.4 Å². The van der Waals surface area contributed by atoms with E-state index in [2.05, 4.69) is 5.32 Å². The Bertz CT molecular complexity index is 1100. The van der Waals surface area contributed by atoms with E-state index in [9.17, 15) is 9.90 Å². The van der Waals surface area contributed by atoms with Crippen LogP contribution in [0, 0.1) is 0 Å². The van der Waals surface area contributed by atoms with Gasteiger partial charge in [0.1, 0.15) is 0 Å². The molecular weight excluding hydrogens is 416 g/mol. The van der Waals surface area contributed by atoms with Gasteiger partial charge in [-0.15, -0.1) is 0 Å². The van der Waals surface area contributed by atoms with Gasteiger partial charge in [0.2, 0.25) is 5.85 Å². The third-order valence-electron chi connectivity index (χ3n) is 5.44. The number of rotatable bonds is 8. The van der Waals surface area contributed by atoms with Crippen molar-refractivity contribution in [1.29, 1.82) is 0 Å². The largest absolute Gasteiger partial charge is 0.462 e. The number of nitrogens with zero attached hydrogens (tertiary/aromatic N) is 1. The molecule has 0 radical (unpaired) electrons. The first-order valence-electron chi connectivity index (χ1n) is 11.0. The van der Waals surface area contributed by atoms with Gasteiger partial charge in [-0.25, -0.2) is 4.79 Å². The van der Waals surface area contributed by atoms with Crippen LogP contribution in [0.15, 0.2) is 91.1 Å². The molecule has 2 N–H and O–H groups in total. The zero-order valence-electron chi connectivity index (χ0n) is 18.6. The summed E-state index contributed by atoms with van der Waals surface area (Å²) in [6.45, 7) is 3.57. The van der Waals surface area contributed by atoms with E-state index >= 15 is 0 Å². The molecular formula is C27H28N2O4. The maximum absolute atomic E-state index is 12.0. The molecule has 0 bridgehead atoms. The Morgan fingerprint density at radius 2 is 1.73 bits per heavy atom. The molecule has 1 atom stereocenters. The number of nitrogens with one attached hydrogen (secondary N) is 1. The second-order valence-electron chi connectivity index (χ2n) is 7.75. The lowest BCUT2D eigenvalue weighted by Gasteiger charge is -2.42. The molecule has 33 heavy (non-hydrogen) atoms. The van der Waals surface area contributed by atoms with Crippen LogP contribution in [0.5, 0.6) is 0 Å². The van der Waals surface area contributed by atoms with Gasteiger partial charge in [0, 0.05) is 24.0 Å². The second-order valence-corrected chi connectivity index (χ2v) is 7.75. The highest BCUT2D eigenvalue weighted by molar-refractivity contribution is 5.89. The number of ether oxygens (including phenoxy) is 2. The lowest BCUT2D eigenvalue weighted by molar-refractivity contribution is 0.00515. The summed E-state index contributed by atoms with van der Waals surface area (Å²) in [4.78, 5) is 13.7. The van der Waals surface area contributed by atoms with Crippen LogP contribution in [-0.2, 0) is 28.5 Å². The molecule has 0 fully saturated rings. The first-order valence-corrected chi connectivity index (χ1v) is 11.0. The van der Waals surface area contributed by atoms with E-state index in [-0.39, 0.29) is 5.97 Å². The maximum atomic E-state index is 12.0. The quantitative estimate of drug-likeness (QED) is 0.505. The molecule has 3 aromatic rings. The smallest absolute Gasteiger partial charge is 0.338 e. The Kier molecular flexibility index (Phi) is 7.19. The van der Waals surface area contributed by atoms with Gasteiger partial charge in [-0.2, -0.15) is 0 Å². The van der Waals surface area contributed by atoms with Crippen molar-refractivity contribution in [3.05, 3.63) is 113 Å². The molecule has 0 amide bonds. The Balaban J connectivity index is 1.52. The van der Waals surface area contributed by atoms with E-state index in [4.69, 9.17) is 9.47 Å². The molecule has 0 aliphatic carbocycles. The average molecular weight is 445 g/mol. The monoisotopic (exact) mass is 444 g/mol. The molecule has 170 valence electrons. The zero-order valence-corrected chi connectivity index (χ0v) is 18.6. The summed E-state index contributed by atoms with van der Waals surface area (Å²) in [6.07, 6.45) is 3.77. The van der Waals surface area contributed by atoms with E-state index < -0.39 is 5.85 Å². The summed E-state index contributed by atoms with van der Waals surface area (Å²) in [5.41, 5.74) is 3.98. The Hall–Kier alpha value is -3.45. The normalized spacial score (nSPS) is 17.7. The van der Waals surface area contributed by atoms with Crippen molar-refractivity contribution in [2.45, 2.75) is 26.0 Å². The summed E-state index contributed by atoms with van der Waals surface area (Å²) in [7, 11) is 0. The molecule has 1 aliphatic rings. The third kappa shape index (κ3) is 5.31. The van der Waals surface area contributed by atoms with Crippen molar-refractivity contribution in [1.82, 2.24) is 5.32 Å². The molecule has 1 aliphatic heterocycles. The minimum absolute atomic E-state index is 0.324. The van der Waals surface area contributed by atoms with E-state index in [1.807, 2.05) is 66.9 Å². The van der Waals surface area contributed by atoms with Crippen LogP contribution in [-0.4, -0.2) is 24.2 Å². The zero-order chi connectivity index (χ0) is 23.1. The van der Waals surface area contributed by atoms with Crippen molar-refractivity contribution in [3.8, 4) is 0 Å². The van der Waals surface area contributed by atoms with Gasteiger partial charge in [0.05, 0.1) is 25.4 Å². The minimum Gasteiger partial charge on any atom is -0.462 e. The number of anilines is 1. The van der Waals surface area contributed by atoms with Crippen LogP contribution in [0.2, 0.25) is 0 Å². The van der Waals surface area contributed by atoms with Crippen molar-refractivity contribution >= 4 is 11.7 Å². The Morgan fingerprint density at radius 1 is 1.00 bits per heavy atom. The number of carbonyl (C=O) groups excluding carboxylic acids is 1. The molecule has 0 aromatic heterocycles. The predicted octanol–water partition coefficient (Wildman–Crippen LogP) is 4.31. The second kappa shape index (κ2) is 10.4. The molecule has 0 saturated carbocycles. The van der Waals surface area contributed by atoms with Gasteiger partial charge in [-0.3, -0.25) is 5.32 Å². The molecule has 6 heteroatoms. The number of carbonyl (C=O) groups is 1. The van der Waals surface area contributed by atoms with E-state index in [1.165, 1.54) is 0 Å². The van der Waals surface area contributed by atoms with Crippen LogP contribution < -0.4 is 10.2 Å². The van der Waals surface area contributed by atoms with Crippen molar-refractivity contribution in [2.75, 3.05) is 18.1 Å². The lowest BCUT2D eigenvalue weighted by Crippen LogP contribution is -2.56. The van der Waals surface area contributed by atoms with Gasteiger partial charge < -0.3 is 19.5 Å². The number of esters is 1. The first-order chi connectivity index (χ1) is 16.1. The van der Waals surface area contributed by atoms with E-state index in [0.29, 0.717) is 37.5 Å². The molecule has 3 aromatic carbocycles. The summed E-state index contributed by atoms with van der Waals surface area (Å²) in [5, 5.41) is 14.9. The van der Waals surface area contributed by atoms with Gasteiger partial charge in [0.25, 0.3) is 0 Å². The Morgan fingerprint density at radius 3 is 2.48 bits per heavy atom.